The summed E-state index contributed by atoms with van der Waals surface area (Å²) in [6.07, 6.45) is 4.09. The van der Waals surface area contributed by atoms with Crippen LogP contribution in [-0.2, 0) is 6.42 Å². The van der Waals surface area contributed by atoms with Crippen LogP contribution in [0.15, 0.2) is 30.3 Å². The van der Waals surface area contributed by atoms with Gasteiger partial charge in [-0.1, -0.05) is 55.2 Å². The number of hydrogen-bond donors (Lipinski definition) is 1. The van der Waals surface area contributed by atoms with E-state index in [0.717, 1.165) is 42.5 Å². The highest BCUT2D eigenvalue weighted by molar-refractivity contribution is 5.63. The van der Waals surface area contributed by atoms with Gasteiger partial charge in [-0.2, -0.15) is 0 Å². The smallest absolute Gasteiger partial charge is 0.238 e. The predicted molar refractivity (Wildman–Crippen MR) is 70.2 cm³/mol. The van der Waals surface area contributed by atoms with Crippen LogP contribution < -0.4 is 0 Å². The monoisotopic (exact) mass is 243 g/mol. The number of aromatic hydroxyl groups is 1. The van der Waals surface area contributed by atoms with Gasteiger partial charge in [-0.15, -0.1) is 5.10 Å². The third-order valence-corrected chi connectivity index (χ3v) is 2.92. The van der Waals surface area contributed by atoms with Crippen molar-refractivity contribution in [3.63, 3.8) is 0 Å². The molecule has 0 saturated heterocycles. The molecule has 4 heteroatoms. The Labute approximate surface area is 107 Å². The fourth-order valence-corrected chi connectivity index (χ4v) is 1.95. The summed E-state index contributed by atoms with van der Waals surface area (Å²) in [5, 5.41) is 21.1. The molecule has 0 radical (unpaired) electrons. The quantitative estimate of drug-likeness (QED) is 0.820. The first kappa shape index (κ1) is 12.5. The molecule has 0 amide bonds. The summed E-state index contributed by atoms with van der Waals surface area (Å²) in [4.78, 5) is 0. The van der Waals surface area contributed by atoms with E-state index < -0.39 is 0 Å². The zero-order chi connectivity index (χ0) is 12.8. The Bertz CT molecular complexity index is 500. The van der Waals surface area contributed by atoms with Crippen LogP contribution in [-0.4, -0.2) is 20.5 Å². The average Bonchev–Trinajstić information content (AvgIpc) is 2.42. The van der Waals surface area contributed by atoms with E-state index in [0.29, 0.717) is 0 Å². The van der Waals surface area contributed by atoms with Crippen molar-refractivity contribution in [1.29, 1.82) is 0 Å². The lowest BCUT2D eigenvalue weighted by Crippen LogP contribution is -1.99. The lowest BCUT2D eigenvalue weighted by Gasteiger charge is -2.08. The van der Waals surface area contributed by atoms with Crippen LogP contribution in [0.1, 0.15) is 31.7 Å². The highest BCUT2D eigenvalue weighted by Gasteiger charge is 2.12. The summed E-state index contributed by atoms with van der Waals surface area (Å²) in [6, 6.07) is 9.78. The molecule has 1 aromatic carbocycles. The molecule has 2 rings (SSSR count). The molecule has 0 aliphatic carbocycles. The zero-order valence-electron chi connectivity index (χ0n) is 10.5. The summed E-state index contributed by atoms with van der Waals surface area (Å²) in [7, 11) is 0. The lowest BCUT2D eigenvalue weighted by molar-refractivity contribution is 0.431. The van der Waals surface area contributed by atoms with Crippen LogP contribution in [0.4, 0.5) is 0 Å². The molecule has 1 heterocycles. The lowest BCUT2D eigenvalue weighted by atomic mass is 10.0. The van der Waals surface area contributed by atoms with Crippen molar-refractivity contribution in [2.45, 2.75) is 32.6 Å². The van der Waals surface area contributed by atoms with Crippen LogP contribution >= 0.6 is 0 Å². The van der Waals surface area contributed by atoms with Crippen molar-refractivity contribution in [1.82, 2.24) is 15.4 Å². The first-order valence-electron chi connectivity index (χ1n) is 6.29. The molecular formula is C14H17N3O. The van der Waals surface area contributed by atoms with E-state index in [1.165, 1.54) is 0 Å². The Kier molecular flexibility index (Phi) is 4.23. The van der Waals surface area contributed by atoms with E-state index in [-0.39, 0.29) is 5.88 Å². The van der Waals surface area contributed by atoms with E-state index >= 15 is 0 Å². The number of hydrogen-bond acceptors (Lipinski definition) is 4. The summed E-state index contributed by atoms with van der Waals surface area (Å²) in [6.45, 7) is 2.15. The molecule has 94 valence electrons. The molecule has 4 nitrogen and oxygen atoms in total. The topological polar surface area (TPSA) is 58.9 Å². The first-order chi connectivity index (χ1) is 8.83. The largest absolute Gasteiger partial charge is 0.492 e. The van der Waals surface area contributed by atoms with Crippen LogP contribution in [0.25, 0.3) is 11.3 Å². The van der Waals surface area contributed by atoms with E-state index in [1.807, 2.05) is 30.3 Å². The highest BCUT2D eigenvalue weighted by Crippen LogP contribution is 2.26. The van der Waals surface area contributed by atoms with Gasteiger partial charge in [0.05, 0.1) is 0 Å². The van der Waals surface area contributed by atoms with Gasteiger partial charge in [-0.25, -0.2) is 0 Å². The van der Waals surface area contributed by atoms with Crippen molar-refractivity contribution in [3.8, 4) is 17.1 Å². The Morgan fingerprint density at radius 2 is 1.83 bits per heavy atom. The second kappa shape index (κ2) is 6.10. The van der Waals surface area contributed by atoms with Gasteiger partial charge in [-0.05, 0) is 18.1 Å². The number of nitrogens with zero attached hydrogens (tertiary/aromatic N) is 3. The molecule has 0 bridgehead atoms. The molecule has 18 heavy (non-hydrogen) atoms. The van der Waals surface area contributed by atoms with E-state index in [4.69, 9.17) is 0 Å². The molecule has 0 aliphatic rings. The van der Waals surface area contributed by atoms with Gasteiger partial charge in [0.1, 0.15) is 5.69 Å². The van der Waals surface area contributed by atoms with Crippen molar-refractivity contribution >= 4 is 0 Å². The van der Waals surface area contributed by atoms with E-state index in [9.17, 15) is 5.11 Å². The standard InChI is InChI=1S/C14H17N3O/c1-2-3-5-10-12-13(15-17-16-14(12)18)11-8-6-4-7-9-11/h4,6-9H,2-3,5,10H2,1H3,(H,15,16,18). The van der Waals surface area contributed by atoms with Crippen molar-refractivity contribution in [2.24, 2.45) is 0 Å². The maximum absolute atomic E-state index is 9.84. The molecule has 0 fully saturated rings. The number of rotatable bonds is 5. The number of aromatic nitrogens is 3. The Hall–Kier alpha value is -1.97. The van der Waals surface area contributed by atoms with E-state index in [1.54, 1.807) is 0 Å². The van der Waals surface area contributed by atoms with E-state index in [2.05, 4.69) is 22.3 Å². The van der Waals surface area contributed by atoms with Crippen LogP contribution in [0.5, 0.6) is 5.88 Å². The van der Waals surface area contributed by atoms with Gasteiger partial charge in [0.15, 0.2) is 0 Å². The number of unbranched alkanes of at least 4 members (excludes halogenated alkanes) is 2. The summed E-state index contributed by atoms with van der Waals surface area (Å²) in [5.74, 6) is -0.0000406. The van der Waals surface area contributed by atoms with Crippen molar-refractivity contribution in [3.05, 3.63) is 35.9 Å². The second-order valence-corrected chi connectivity index (χ2v) is 4.26. The minimum absolute atomic E-state index is 0.0000406. The maximum atomic E-state index is 9.84. The SMILES string of the molecule is CCCCCc1c(O)nnnc1-c1ccccc1. The normalized spacial score (nSPS) is 10.5. The first-order valence-corrected chi connectivity index (χ1v) is 6.29. The Morgan fingerprint density at radius 1 is 1.06 bits per heavy atom. The fraction of sp³-hybridized carbons (Fsp3) is 0.357. The average molecular weight is 243 g/mol. The molecule has 1 N–H and O–H groups in total. The molecule has 2 aromatic rings. The minimum atomic E-state index is -0.0000406. The summed E-state index contributed by atoms with van der Waals surface area (Å²) >= 11 is 0. The van der Waals surface area contributed by atoms with Crippen molar-refractivity contribution < 1.29 is 5.11 Å². The molecule has 0 aliphatic heterocycles. The third kappa shape index (κ3) is 2.83. The Morgan fingerprint density at radius 3 is 2.56 bits per heavy atom. The molecule has 0 spiro atoms. The van der Waals surface area contributed by atoms with Gasteiger partial charge < -0.3 is 5.11 Å². The molecule has 1 aromatic heterocycles. The highest BCUT2D eigenvalue weighted by atomic mass is 16.3. The zero-order valence-corrected chi connectivity index (χ0v) is 10.5. The summed E-state index contributed by atoms with van der Waals surface area (Å²) < 4.78 is 0. The van der Waals surface area contributed by atoms with Crippen molar-refractivity contribution in [2.75, 3.05) is 0 Å². The Balaban J connectivity index is 2.32. The predicted octanol–water partition coefficient (Wildman–Crippen LogP) is 2.98. The molecule has 0 saturated carbocycles. The van der Waals surface area contributed by atoms with Gasteiger partial charge >= 0.3 is 0 Å². The molecule has 0 atom stereocenters. The third-order valence-electron chi connectivity index (χ3n) is 2.92. The molecule has 0 unspecified atom stereocenters. The van der Waals surface area contributed by atoms with Crippen LogP contribution in [0.2, 0.25) is 0 Å². The molecular weight excluding hydrogens is 226 g/mol. The number of benzene rings is 1. The second-order valence-electron chi connectivity index (χ2n) is 4.26. The summed E-state index contributed by atoms with van der Waals surface area (Å²) in [5.41, 5.74) is 2.50. The van der Waals surface area contributed by atoms with Crippen LogP contribution in [0, 0.1) is 0 Å². The van der Waals surface area contributed by atoms with Crippen LogP contribution in [0.3, 0.4) is 0 Å². The van der Waals surface area contributed by atoms with Gasteiger partial charge in [0, 0.05) is 11.1 Å². The van der Waals surface area contributed by atoms with Gasteiger partial charge in [0.2, 0.25) is 5.88 Å². The maximum Gasteiger partial charge on any atom is 0.238 e. The van der Waals surface area contributed by atoms with Gasteiger partial charge in [0.25, 0.3) is 0 Å². The fourth-order valence-electron chi connectivity index (χ4n) is 1.95. The van der Waals surface area contributed by atoms with Gasteiger partial charge in [-0.3, -0.25) is 0 Å². The minimum Gasteiger partial charge on any atom is -0.492 e.